The first-order valence-corrected chi connectivity index (χ1v) is 10.1. The third-order valence-electron chi connectivity index (χ3n) is 5.74. The van der Waals surface area contributed by atoms with Crippen LogP contribution in [0.4, 0.5) is 0 Å². The fourth-order valence-electron chi connectivity index (χ4n) is 4.13. The highest BCUT2D eigenvalue weighted by Gasteiger charge is 2.53. The molecule has 1 aromatic carbocycles. The van der Waals surface area contributed by atoms with Crippen molar-refractivity contribution in [1.29, 1.82) is 0 Å². The number of hydrogen-bond acceptors (Lipinski definition) is 3. The molecule has 1 aliphatic carbocycles. The largest absolute Gasteiger partial charge is 0.496 e. The van der Waals surface area contributed by atoms with Gasteiger partial charge in [-0.05, 0) is 46.1 Å². The number of methoxy groups -OCH3 is 1. The Hall–Kier alpha value is -1.02. The maximum Gasteiger partial charge on any atom is 0.193 e. The summed E-state index contributed by atoms with van der Waals surface area (Å²) in [6.07, 6.45) is 3.54. The molecule has 1 N–H and O–H groups in total. The number of piperidine rings is 1. The molecule has 2 unspecified atom stereocenters. The quantitative estimate of drug-likeness (QED) is 0.382. The van der Waals surface area contributed by atoms with Crippen molar-refractivity contribution in [3.63, 3.8) is 0 Å². The van der Waals surface area contributed by atoms with Gasteiger partial charge in [-0.1, -0.05) is 25.1 Å². The minimum atomic E-state index is -0.0721. The molecule has 1 saturated heterocycles. The highest BCUT2D eigenvalue weighted by molar-refractivity contribution is 14.0. The molecule has 28 heavy (non-hydrogen) atoms. The van der Waals surface area contributed by atoms with Gasteiger partial charge in [-0.25, -0.2) is 0 Å². The Balaban J connectivity index is 0.00000280. The number of benzene rings is 1. The molecule has 2 atom stereocenters. The van der Waals surface area contributed by atoms with Gasteiger partial charge in [0.05, 0.1) is 18.8 Å². The number of aliphatic imine (C=N–C) groups is 1. The molecule has 158 valence electrons. The van der Waals surface area contributed by atoms with E-state index in [0.717, 1.165) is 44.1 Å². The summed E-state index contributed by atoms with van der Waals surface area (Å²) in [4.78, 5) is 6.92. The highest BCUT2D eigenvalue weighted by atomic mass is 127. The Bertz CT molecular complexity index is 681. The van der Waals surface area contributed by atoms with Crippen LogP contribution >= 0.6 is 24.0 Å². The minimum absolute atomic E-state index is 0. The fourth-order valence-corrected chi connectivity index (χ4v) is 4.13. The number of halogens is 1. The molecule has 6 heteroatoms. The first-order valence-electron chi connectivity index (χ1n) is 10.1. The van der Waals surface area contributed by atoms with Crippen LogP contribution in [0.15, 0.2) is 29.3 Å². The molecule has 2 fully saturated rings. The second-order valence-corrected chi connectivity index (χ2v) is 8.98. The van der Waals surface area contributed by atoms with Crippen molar-refractivity contribution in [2.24, 2.45) is 4.99 Å². The van der Waals surface area contributed by atoms with Crippen molar-refractivity contribution in [3.8, 4) is 5.75 Å². The molecule has 0 spiro atoms. The average Bonchev–Trinajstić information content (AvgIpc) is 3.30. The molecule has 0 amide bonds. The van der Waals surface area contributed by atoms with Gasteiger partial charge in [-0.3, -0.25) is 4.99 Å². The predicted octanol–water partition coefficient (Wildman–Crippen LogP) is 4.20. The van der Waals surface area contributed by atoms with E-state index in [2.05, 4.69) is 55.0 Å². The molecule has 3 rings (SSSR count). The number of nitrogens with zero attached hydrogens (tertiary/aromatic N) is 2. The Morgan fingerprint density at radius 1 is 1.21 bits per heavy atom. The zero-order valence-electron chi connectivity index (χ0n) is 18.1. The van der Waals surface area contributed by atoms with Gasteiger partial charge in [-0.2, -0.15) is 0 Å². The molecule has 1 saturated carbocycles. The summed E-state index contributed by atoms with van der Waals surface area (Å²) in [7, 11) is 3.62. The first kappa shape index (κ1) is 23.3. The lowest BCUT2D eigenvalue weighted by molar-refractivity contribution is -0.0772. The van der Waals surface area contributed by atoms with Crippen LogP contribution in [0.3, 0.4) is 0 Å². The maximum atomic E-state index is 6.15. The first-order chi connectivity index (χ1) is 12.8. The molecule has 1 heterocycles. The van der Waals surface area contributed by atoms with Gasteiger partial charge < -0.3 is 19.7 Å². The van der Waals surface area contributed by atoms with E-state index in [9.17, 15) is 0 Å². The summed E-state index contributed by atoms with van der Waals surface area (Å²) in [6, 6.07) is 8.73. The molecule has 0 aromatic heterocycles. The van der Waals surface area contributed by atoms with E-state index in [1.165, 1.54) is 5.56 Å². The lowest BCUT2D eigenvalue weighted by Crippen LogP contribution is -2.49. The van der Waals surface area contributed by atoms with Gasteiger partial charge in [0.2, 0.25) is 0 Å². The van der Waals surface area contributed by atoms with Crippen molar-refractivity contribution in [2.75, 3.05) is 27.2 Å². The third kappa shape index (κ3) is 5.32. The zero-order valence-corrected chi connectivity index (χ0v) is 20.4. The highest BCUT2D eigenvalue weighted by Crippen LogP contribution is 2.51. The van der Waals surface area contributed by atoms with Gasteiger partial charge in [0.15, 0.2) is 5.96 Å². The zero-order chi connectivity index (χ0) is 19.7. The van der Waals surface area contributed by atoms with Gasteiger partial charge in [-0.15, -0.1) is 24.0 Å². The molecule has 0 bridgehead atoms. The monoisotopic (exact) mass is 501 g/mol. The van der Waals surface area contributed by atoms with Crippen LogP contribution in [0.1, 0.15) is 52.5 Å². The summed E-state index contributed by atoms with van der Waals surface area (Å²) in [5.74, 6) is 1.98. The number of nitrogens with one attached hydrogen (secondary N) is 1. The fraction of sp³-hybridized carbons (Fsp3) is 0.682. The summed E-state index contributed by atoms with van der Waals surface area (Å²) >= 11 is 0. The molecular weight excluding hydrogens is 465 g/mol. The van der Waals surface area contributed by atoms with E-state index in [-0.39, 0.29) is 35.0 Å². The van der Waals surface area contributed by atoms with E-state index in [1.807, 2.05) is 19.2 Å². The average molecular weight is 501 g/mol. The van der Waals surface area contributed by atoms with Crippen molar-refractivity contribution in [3.05, 3.63) is 29.8 Å². The van der Waals surface area contributed by atoms with E-state index in [4.69, 9.17) is 9.47 Å². The summed E-state index contributed by atoms with van der Waals surface area (Å²) in [5.41, 5.74) is 1.30. The molecule has 1 aromatic rings. The second-order valence-electron chi connectivity index (χ2n) is 8.98. The third-order valence-corrected chi connectivity index (χ3v) is 5.74. The maximum absolute atomic E-state index is 6.15. The predicted molar refractivity (Wildman–Crippen MR) is 126 cm³/mol. The summed E-state index contributed by atoms with van der Waals surface area (Å²) in [5, 5.41) is 3.69. The van der Waals surface area contributed by atoms with E-state index in [0.29, 0.717) is 12.1 Å². The van der Waals surface area contributed by atoms with Crippen LogP contribution in [0.2, 0.25) is 0 Å². The van der Waals surface area contributed by atoms with Gasteiger partial charge in [0.1, 0.15) is 5.75 Å². The van der Waals surface area contributed by atoms with Crippen molar-refractivity contribution < 1.29 is 9.47 Å². The smallest absolute Gasteiger partial charge is 0.193 e. The Morgan fingerprint density at radius 2 is 1.86 bits per heavy atom. The topological polar surface area (TPSA) is 46.1 Å². The van der Waals surface area contributed by atoms with Crippen LogP contribution in [-0.2, 0) is 10.2 Å². The number of likely N-dealkylation sites (tertiary alicyclic amines) is 1. The van der Waals surface area contributed by atoms with Crippen LogP contribution in [-0.4, -0.2) is 55.9 Å². The number of rotatable bonds is 4. The summed E-state index contributed by atoms with van der Waals surface area (Å²) in [6.45, 7) is 10.7. The Kier molecular flexibility index (Phi) is 7.64. The summed E-state index contributed by atoms with van der Waals surface area (Å²) < 4.78 is 11.7. The number of para-hydroxylation sites is 1. The van der Waals surface area contributed by atoms with Crippen molar-refractivity contribution in [2.45, 2.75) is 70.1 Å². The lowest BCUT2D eigenvalue weighted by Gasteiger charge is -2.37. The van der Waals surface area contributed by atoms with Crippen LogP contribution < -0.4 is 10.1 Å². The SMILES string of the molecule is CN=C(NC1CC1(C)c1ccccc1OC)N1CCC(OC(C)(C)C)CC1.I. The second kappa shape index (κ2) is 9.20. The minimum Gasteiger partial charge on any atom is -0.496 e. The number of guanidine groups is 1. The number of ether oxygens (including phenoxy) is 2. The van der Waals surface area contributed by atoms with Gasteiger partial charge in [0.25, 0.3) is 0 Å². The van der Waals surface area contributed by atoms with Gasteiger partial charge in [0, 0.05) is 37.2 Å². The Labute approximate surface area is 187 Å². The molecule has 5 nitrogen and oxygen atoms in total. The molecular formula is C22H36IN3O2. The van der Waals surface area contributed by atoms with Crippen molar-refractivity contribution in [1.82, 2.24) is 10.2 Å². The normalized spacial score (nSPS) is 25.9. The van der Waals surface area contributed by atoms with Crippen LogP contribution in [0, 0.1) is 0 Å². The molecule has 0 radical (unpaired) electrons. The van der Waals surface area contributed by atoms with Crippen LogP contribution in [0.25, 0.3) is 0 Å². The van der Waals surface area contributed by atoms with E-state index in [1.54, 1.807) is 7.11 Å². The van der Waals surface area contributed by atoms with Gasteiger partial charge >= 0.3 is 0 Å². The molecule has 2 aliphatic rings. The van der Waals surface area contributed by atoms with Crippen LogP contribution in [0.5, 0.6) is 5.75 Å². The van der Waals surface area contributed by atoms with E-state index >= 15 is 0 Å². The van der Waals surface area contributed by atoms with E-state index < -0.39 is 0 Å². The lowest BCUT2D eigenvalue weighted by atomic mass is 9.96. The van der Waals surface area contributed by atoms with Crippen molar-refractivity contribution >= 4 is 29.9 Å². The molecule has 1 aliphatic heterocycles. The number of hydrogen-bond donors (Lipinski definition) is 1. The standard InChI is InChI=1S/C22H35N3O2.HI/c1-21(2,3)27-16-11-13-25(14-12-16)20(23-5)24-19-15-22(19,4)17-9-7-8-10-18(17)26-6;/h7-10,16,19H,11-15H2,1-6H3,(H,23,24);1H. The Morgan fingerprint density at radius 3 is 2.43 bits per heavy atom.